The zero-order valence-electron chi connectivity index (χ0n) is 11.2. The van der Waals surface area contributed by atoms with Crippen LogP contribution in [-0.4, -0.2) is 7.11 Å². The second-order valence-corrected chi connectivity index (χ2v) is 4.92. The smallest absolute Gasteiger partial charge is 0.124 e. The number of methoxy groups -OCH3 is 1. The molecule has 0 unspecified atom stereocenters. The van der Waals surface area contributed by atoms with E-state index < -0.39 is 0 Å². The van der Waals surface area contributed by atoms with Gasteiger partial charge < -0.3 is 10.1 Å². The van der Waals surface area contributed by atoms with Gasteiger partial charge in [-0.25, -0.2) is 0 Å². The van der Waals surface area contributed by atoms with Crippen LogP contribution in [0, 0.1) is 6.92 Å². The predicted octanol–water partition coefficient (Wildman–Crippen LogP) is 3.95. The normalized spacial score (nSPS) is 10.5. The topological polar surface area (TPSA) is 21.3 Å². The first-order chi connectivity index (χ1) is 9.20. The number of ether oxygens (including phenoxy) is 1. The van der Waals surface area contributed by atoms with Crippen molar-refractivity contribution in [3.05, 3.63) is 64.2 Å². The molecular weight excluding hydrogens is 258 g/mol. The van der Waals surface area contributed by atoms with Gasteiger partial charge in [0.15, 0.2) is 0 Å². The van der Waals surface area contributed by atoms with Crippen molar-refractivity contribution < 1.29 is 4.74 Å². The molecule has 0 spiro atoms. The van der Waals surface area contributed by atoms with Gasteiger partial charge in [-0.1, -0.05) is 47.5 Å². The van der Waals surface area contributed by atoms with E-state index in [1.165, 1.54) is 11.1 Å². The Morgan fingerprint density at radius 3 is 2.47 bits per heavy atom. The molecule has 19 heavy (non-hydrogen) atoms. The first-order valence-corrected chi connectivity index (χ1v) is 6.66. The number of benzene rings is 2. The van der Waals surface area contributed by atoms with Gasteiger partial charge in [-0.2, -0.15) is 0 Å². The van der Waals surface area contributed by atoms with E-state index in [-0.39, 0.29) is 0 Å². The van der Waals surface area contributed by atoms with E-state index in [9.17, 15) is 0 Å². The zero-order chi connectivity index (χ0) is 13.7. The predicted molar refractivity (Wildman–Crippen MR) is 79.7 cm³/mol. The van der Waals surface area contributed by atoms with Gasteiger partial charge in [-0.05, 0) is 24.6 Å². The summed E-state index contributed by atoms with van der Waals surface area (Å²) in [7, 11) is 1.66. The Morgan fingerprint density at radius 2 is 1.79 bits per heavy atom. The summed E-state index contributed by atoms with van der Waals surface area (Å²) in [6.45, 7) is 3.59. The first-order valence-electron chi connectivity index (χ1n) is 6.28. The van der Waals surface area contributed by atoms with Gasteiger partial charge in [0.2, 0.25) is 0 Å². The Kier molecular flexibility index (Phi) is 4.83. The lowest BCUT2D eigenvalue weighted by atomic mass is 10.1. The average molecular weight is 276 g/mol. The van der Waals surface area contributed by atoms with Crippen LogP contribution >= 0.6 is 11.6 Å². The molecule has 0 saturated carbocycles. The van der Waals surface area contributed by atoms with E-state index in [0.29, 0.717) is 6.54 Å². The third-order valence-electron chi connectivity index (χ3n) is 3.05. The van der Waals surface area contributed by atoms with Gasteiger partial charge in [0, 0.05) is 23.7 Å². The number of hydrogen-bond acceptors (Lipinski definition) is 2. The number of hydrogen-bond donors (Lipinski definition) is 1. The van der Waals surface area contributed by atoms with Gasteiger partial charge in [0.1, 0.15) is 5.75 Å². The van der Waals surface area contributed by atoms with Crippen molar-refractivity contribution in [3.63, 3.8) is 0 Å². The van der Waals surface area contributed by atoms with E-state index in [4.69, 9.17) is 16.3 Å². The minimum Gasteiger partial charge on any atom is -0.496 e. The Morgan fingerprint density at radius 1 is 1.05 bits per heavy atom. The lowest BCUT2D eigenvalue weighted by Crippen LogP contribution is -2.13. The molecule has 0 amide bonds. The monoisotopic (exact) mass is 275 g/mol. The molecule has 3 heteroatoms. The molecule has 100 valence electrons. The van der Waals surface area contributed by atoms with Crippen LogP contribution in [0.4, 0.5) is 0 Å². The number of rotatable bonds is 5. The van der Waals surface area contributed by atoms with E-state index in [1.807, 2.05) is 18.2 Å². The molecule has 0 aliphatic rings. The molecule has 0 atom stereocenters. The average Bonchev–Trinajstić information content (AvgIpc) is 2.42. The van der Waals surface area contributed by atoms with E-state index in [1.54, 1.807) is 7.11 Å². The van der Waals surface area contributed by atoms with Crippen LogP contribution in [0.2, 0.25) is 5.02 Å². The summed E-state index contributed by atoms with van der Waals surface area (Å²) in [5.74, 6) is 0.823. The van der Waals surface area contributed by atoms with Crippen LogP contribution in [0.25, 0.3) is 0 Å². The minimum atomic E-state index is 0.691. The second-order valence-electron chi connectivity index (χ2n) is 4.51. The van der Waals surface area contributed by atoms with Crippen molar-refractivity contribution in [1.82, 2.24) is 5.32 Å². The number of aryl methyl sites for hydroxylation is 1. The van der Waals surface area contributed by atoms with Crippen LogP contribution in [0.1, 0.15) is 16.7 Å². The molecule has 2 nitrogen and oxygen atoms in total. The van der Waals surface area contributed by atoms with Crippen molar-refractivity contribution in [2.75, 3.05) is 7.11 Å². The highest BCUT2D eigenvalue weighted by atomic mass is 35.5. The summed E-state index contributed by atoms with van der Waals surface area (Å²) in [5.41, 5.74) is 3.53. The van der Waals surface area contributed by atoms with Crippen molar-refractivity contribution in [2.45, 2.75) is 20.0 Å². The lowest BCUT2D eigenvalue weighted by molar-refractivity contribution is 0.407. The van der Waals surface area contributed by atoms with Crippen LogP contribution in [0.15, 0.2) is 42.5 Å². The standard InChI is InChI=1S/C16H18ClNO/c1-12-6-8-13(9-7-12)10-18-11-14-15(17)4-3-5-16(14)19-2/h3-9,18H,10-11H2,1-2H3. The van der Waals surface area contributed by atoms with Crippen LogP contribution in [0.5, 0.6) is 5.75 Å². The molecule has 2 aromatic rings. The lowest BCUT2D eigenvalue weighted by Gasteiger charge is -2.11. The molecule has 0 heterocycles. The van der Waals surface area contributed by atoms with Crippen molar-refractivity contribution in [3.8, 4) is 5.75 Å². The Balaban J connectivity index is 1.97. The van der Waals surface area contributed by atoms with Gasteiger partial charge in [-0.3, -0.25) is 0 Å². The van der Waals surface area contributed by atoms with Crippen LogP contribution in [0.3, 0.4) is 0 Å². The Bertz CT molecular complexity index is 537. The first kappa shape index (κ1) is 13.9. The molecular formula is C16H18ClNO. The van der Waals surface area contributed by atoms with E-state index in [0.717, 1.165) is 22.9 Å². The van der Waals surface area contributed by atoms with Gasteiger partial charge in [0.25, 0.3) is 0 Å². The van der Waals surface area contributed by atoms with Gasteiger partial charge in [0.05, 0.1) is 7.11 Å². The molecule has 2 aromatic carbocycles. The fourth-order valence-corrected chi connectivity index (χ4v) is 2.17. The molecule has 0 fully saturated rings. The third kappa shape index (κ3) is 3.72. The molecule has 1 N–H and O–H groups in total. The summed E-state index contributed by atoms with van der Waals surface area (Å²) >= 11 is 6.19. The summed E-state index contributed by atoms with van der Waals surface area (Å²) in [4.78, 5) is 0. The maximum Gasteiger partial charge on any atom is 0.124 e. The fourth-order valence-electron chi connectivity index (χ4n) is 1.94. The van der Waals surface area contributed by atoms with Gasteiger partial charge >= 0.3 is 0 Å². The fraction of sp³-hybridized carbons (Fsp3) is 0.250. The highest BCUT2D eigenvalue weighted by molar-refractivity contribution is 6.31. The highest BCUT2D eigenvalue weighted by Crippen LogP contribution is 2.25. The molecule has 0 saturated heterocycles. The number of nitrogens with one attached hydrogen (secondary N) is 1. The molecule has 2 rings (SSSR count). The molecule has 0 aromatic heterocycles. The minimum absolute atomic E-state index is 0.691. The Labute approximate surface area is 119 Å². The molecule has 0 aliphatic heterocycles. The van der Waals surface area contributed by atoms with Crippen molar-refractivity contribution in [2.24, 2.45) is 0 Å². The summed E-state index contributed by atoms with van der Waals surface area (Å²) in [5, 5.41) is 4.12. The van der Waals surface area contributed by atoms with Gasteiger partial charge in [-0.15, -0.1) is 0 Å². The molecule has 0 aliphatic carbocycles. The SMILES string of the molecule is COc1cccc(Cl)c1CNCc1ccc(C)cc1. The quantitative estimate of drug-likeness (QED) is 0.892. The molecule has 0 bridgehead atoms. The zero-order valence-corrected chi connectivity index (χ0v) is 12.0. The number of halogens is 1. The van der Waals surface area contributed by atoms with E-state index in [2.05, 4.69) is 36.5 Å². The third-order valence-corrected chi connectivity index (χ3v) is 3.40. The largest absolute Gasteiger partial charge is 0.496 e. The summed E-state index contributed by atoms with van der Waals surface area (Å²) in [6, 6.07) is 14.2. The summed E-state index contributed by atoms with van der Waals surface area (Å²) in [6.07, 6.45) is 0. The van der Waals surface area contributed by atoms with Crippen LogP contribution < -0.4 is 10.1 Å². The van der Waals surface area contributed by atoms with Crippen molar-refractivity contribution in [1.29, 1.82) is 0 Å². The maximum absolute atomic E-state index is 6.19. The Hall–Kier alpha value is -1.51. The molecule has 0 radical (unpaired) electrons. The van der Waals surface area contributed by atoms with Crippen LogP contribution in [-0.2, 0) is 13.1 Å². The maximum atomic E-state index is 6.19. The summed E-state index contributed by atoms with van der Waals surface area (Å²) < 4.78 is 5.32. The second kappa shape index (κ2) is 6.60. The van der Waals surface area contributed by atoms with E-state index >= 15 is 0 Å². The van der Waals surface area contributed by atoms with Crippen molar-refractivity contribution >= 4 is 11.6 Å². The highest BCUT2D eigenvalue weighted by Gasteiger charge is 2.06.